The molecule has 7 heteroatoms. The predicted octanol–water partition coefficient (Wildman–Crippen LogP) is 3.99. The molecule has 0 aliphatic carbocycles. The Morgan fingerprint density at radius 1 is 1.16 bits per heavy atom. The number of fused-ring (bicyclic) bond motifs is 1. The van der Waals surface area contributed by atoms with Crippen LogP contribution in [0.25, 0.3) is 10.9 Å². The number of aliphatic hydroxyl groups is 1. The average molecular weight is 345 g/mol. The van der Waals surface area contributed by atoms with Gasteiger partial charge in [-0.2, -0.15) is 0 Å². The van der Waals surface area contributed by atoms with Gasteiger partial charge in [-0.1, -0.05) is 12.1 Å². The number of nitrogens with one attached hydrogen (secondary N) is 1. The van der Waals surface area contributed by atoms with E-state index in [9.17, 15) is 8.78 Å². The maximum Gasteiger partial charge on any atom is 0.297 e. The zero-order valence-corrected chi connectivity index (χ0v) is 13.5. The topological polar surface area (TPSA) is 67.3 Å². The van der Waals surface area contributed by atoms with Crippen molar-refractivity contribution in [2.24, 2.45) is 0 Å². The largest absolute Gasteiger partial charge is 0.491 e. The van der Waals surface area contributed by atoms with E-state index in [-0.39, 0.29) is 13.2 Å². The van der Waals surface area contributed by atoms with Gasteiger partial charge in [0.1, 0.15) is 18.2 Å². The Morgan fingerprint density at radius 2 is 1.96 bits per heavy atom. The van der Waals surface area contributed by atoms with Gasteiger partial charge in [-0.15, -0.1) is 0 Å². The van der Waals surface area contributed by atoms with Gasteiger partial charge in [-0.05, 0) is 42.8 Å². The Balaban J connectivity index is 1.96. The molecule has 0 aliphatic rings. The van der Waals surface area contributed by atoms with Crippen LogP contribution in [0.2, 0.25) is 0 Å². The van der Waals surface area contributed by atoms with Gasteiger partial charge in [0, 0.05) is 11.1 Å². The zero-order valence-electron chi connectivity index (χ0n) is 13.5. The molecule has 0 radical (unpaired) electrons. The van der Waals surface area contributed by atoms with Gasteiger partial charge in [-0.3, -0.25) is 0 Å². The molecule has 0 fully saturated rings. The third-order valence-corrected chi connectivity index (χ3v) is 3.60. The molecule has 0 amide bonds. The van der Waals surface area contributed by atoms with Gasteiger partial charge in [-0.25, -0.2) is 18.7 Å². The Kier molecular flexibility index (Phi) is 5.04. The zero-order chi connectivity index (χ0) is 17.8. The summed E-state index contributed by atoms with van der Waals surface area (Å²) in [4.78, 5) is 7.86. The first-order chi connectivity index (χ1) is 12.1. The van der Waals surface area contributed by atoms with Crippen molar-refractivity contribution in [1.82, 2.24) is 9.97 Å². The normalized spacial score (nSPS) is 11.1. The van der Waals surface area contributed by atoms with Crippen LogP contribution in [0.1, 0.15) is 17.8 Å². The lowest BCUT2D eigenvalue weighted by atomic mass is 10.2. The molecular weight excluding hydrogens is 328 g/mol. The number of halogens is 2. The molecule has 0 unspecified atom stereocenters. The number of anilines is 2. The van der Waals surface area contributed by atoms with Crippen molar-refractivity contribution in [3.05, 3.63) is 53.9 Å². The molecular formula is C18H17F2N3O2. The van der Waals surface area contributed by atoms with Gasteiger partial charge in [0.15, 0.2) is 5.82 Å². The maximum absolute atomic E-state index is 13.1. The van der Waals surface area contributed by atoms with E-state index in [2.05, 4.69) is 15.3 Å². The van der Waals surface area contributed by atoms with Crippen molar-refractivity contribution >= 4 is 22.4 Å². The van der Waals surface area contributed by atoms with Gasteiger partial charge in [0.2, 0.25) is 0 Å². The molecule has 5 nitrogen and oxygen atoms in total. The summed E-state index contributed by atoms with van der Waals surface area (Å²) in [6.45, 7) is 2.01. The van der Waals surface area contributed by atoms with E-state index >= 15 is 0 Å². The summed E-state index contributed by atoms with van der Waals surface area (Å²) in [5.74, 6) is 0.463. The molecule has 2 aromatic carbocycles. The third-order valence-electron chi connectivity index (χ3n) is 3.60. The van der Waals surface area contributed by atoms with Crippen LogP contribution < -0.4 is 10.1 Å². The van der Waals surface area contributed by atoms with Crippen LogP contribution in [0, 0.1) is 6.92 Å². The molecule has 0 aliphatic heterocycles. The molecule has 0 bridgehead atoms. The smallest absolute Gasteiger partial charge is 0.297 e. The van der Waals surface area contributed by atoms with Gasteiger partial charge < -0.3 is 15.2 Å². The number of ether oxygens (including phenoxy) is 1. The third kappa shape index (κ3) is 3.83. The molecule has 0 atom stereocenters. The number of para-hydroxylation sites is 1. The quantitative estimate of drug-likeness (QED) is 0.707. The highest BCUT2D eigenvalue weighted by molar-refractivity contribution is 5.90. The molecule has 0 saturated heterocycles. The molecule has 2 N–H and O–H groups in total. The molecule has 25 heavy (non-hydrogen) atoms. The minimum absolute atomic E-state index is 0.0667. The summed E-state index contributed by atoms with van der Waals surface area (Å²) in [7, 11) is 0. The van der Waals surface area contributed by atoms with E-state index in [1.165, 1.54) is 0 Å². The van der Waals surface area contributed by atoms with Crippen LogP contribution in [0.4, 0.5) is 20.3 Å². The highest BCUT2D eigenvalue weighted by atomic mass is 19.3. The number of aliphatic hydroxyl groups excluding tert-OH is 1. The van der Waals surface area contributed by atoms with Crippen molar-refractivity contribution in [3.8, 4) is 5.75 Å². The second kappa shape index (κ2) is 7.40. The van der Waals surface area contributed by atoms with Gasteiger partial charge in [0.05, 0.1) is 12.1 Å². The Hall–Kier alpha value is -2.80. The van der Waals surface area contributed by atoms with Crippen molar-refractivity contribution in [1.29, 1.82) is 0 Å². The molecule has 1 aromatic heterocycles. The van der Waals surface area contributed by atoms with Gasteiger partial charge >= 0.3 is 0 Å². The minimum Gasteiger partial charge on any atom is -0.491 e. The molecule has 3 aromatic rings. The fourth-order valence-corrected chi connectivity index (χ4v) is 2.47. The Bertz CT molecular complexity index is 887. The molecule has 0 spiro atoms. The highest BCUT2D eigenvalue weighted by Crippen LogP contribution is 2.29. The first kappa shape index (κ1) is 17.0. The first-order valence-electron chi connectivity index (χ1n) is 7.74. The lowest BCUT2D eigenvalue weighted by molar-refractivity contribution is 0.141. The van der Waals surface area contributed by atoms with E-state index in [1.54, 1.807) is 36.4 Å². The second-order valence-corrected chi connectivity index (χ2v) is 5.43. The molecule has 3 rings (SSSR count). The van der Waals surface area contributed by atoms with Crippen molar-refractivity contribution in [2.75, 3.05) is 18.5 Å². The SMILES string of the molecule is Cc1cc(Nc2nc(C(F)F)nc3ccccc23)ccc1OCCO. The minimum atomic E-state index is -2.75. The summed E-state index contributed by atoms with van der Waals surface area (Å²) >= 11 is 0. The number of aromatic nitrogens is 2. The average Bonchev–Trinajstić information content (AvgIpc) is 2.61. The number of nitrogens with zero attached hydrogens (tertiary/aromatic N) is 2. The maximum atomic E-state index is 13.1. The van der Waals surface area contributed by atoms with Crippen LogP contribution in [0.5, 0.6) is 5.75 Å². The monoisotopic (exact) mass is 345 g/mol. The summed E-state index contributed by atoms with van der Waals surface area (Å²) in [6.07, 6.45) is -2.75. The Morgan fingerprint density at radius 3 is 2.68 bits per heavy atom. The van der Waals surface area contributed by atoms with Crippen LogP contribution in [0.3, 0.4) is 0 Å². The van der Waals surface area contributed by atoms with Crippen LogP contribution >= 0.6 is 0 Å². The summed E-state index contributed by atoms with van der Waals surface area (Å²) in [5.41, 5.74) is 2.00. The fourth-order valence-electron chi connectivity index (χ4n) is 2.47. The van der Waals surface area contributed by atoms with Crippen molar-refractivity contribution in [3.63, 3.8) is 0 Å². The summed E-state index contributed by atoms with van der Waals surface area (Å²) < 4.78 is 31.5. The van der Waals surface area contributed by atoms with Crippen LogP contribution in [0.15, 0.2) is 42.5 Å². The van der Waals surface area contributed by atoms with E-state index in [0.717, 1.165) is 5.56 Å². The standard InChI is InChI=1S/C18H17F2N3O2/c1-11-10-12(6-7-15(11)25-9-8-24)21-17-13-4-2-3-5-14(13)22-18(23-17)16(19)20/h2-7,10,16,24H,8-9H2,1H3,(H,21,22,23). The van der Waals surface area contributed by atoms with Gasteiger partial charge in [0.25, 0.3) is 6.43 Å². The number of rotatable bonds is 6. The summed E-state index contributed by atoms with van der Waals surface area (Å²) in [5, 5.41) is 12.6. The van der Waals surface area contributed by atoms with E-state index in [0.29, 0.717) is 28.2 Å². The lowest BCUT2D eigenvalue weighted by Crippen LogP contribution is -2.04. The highest BCUT2D eigenvalue weighted by Gasteiger charge is 2.15. The molecule has 130 valence electrons. The number of benzene rings is 2. The number of alkyl halides is 2. The van der Waals surface area contributed by atoms with Crippen molar-refractivity contribution in [2.45, 2.75) is 13.3 Å². The van der Waals surface area contributed by atoms with E-state index < -0.39 is 12.2 Å². The number of hydrogen-bond acceptors (Lipinski definition) is 5. The lowest BCUT2D eigenvalue weighted by Gasteiger charge is -2.13. The number of hydrogen-bond donors (Lipinski definition) is 2. The van der Waals surface area contributed by atoms with Crippen LogP contribution in [-0.4, -0.2) is 28.3 Å². The molecule has 1 heterocycles. The van der Waals surface area contributed by atoms with Crippen LogP contribution in [-0.2, 0) is 0 Å². The Labute approximate surface area is 143 Å². The first-order valence-corrected chi connectivity index (χ1v) is 7.74. The molecule has 0 saturated carbocycles. The fraction of sp³-hybridized carbons (Fsp3) is 0.222. The number of aryl methyl sites for hydroxylation is 1. The van der Waals surface area contributed by atoms with Crippen molar-refractivity contribution < 1.29 is 18.6 Å². The van der Waals surface area contributed by atoms with E-state index in [4.69, 9.17) is 9.84 Å². The summed E-state index contributed by atoms with van der Waals surface area (Å²) in [6, 6.07) is 12.3. The van der Waals surface area contributed by atoms with E-state index in [1.807, 2.05) is 13.0 Å². The second-order valence-electron chi connectivity index (χ2n) is 5.43. The predicted molar refractivity (Wildman–Crippen MR) is 91.5 cm³/mol.